The van der Waals surface area contributed by atoms with Crippen molar-refractivity contribution in [3.63, 3.8) is 0 Å². The Morgan fingerprint density at radius 3 is 2.58 bits per heavy atom. The van der Waals surface area contributed by atoms with Crippen LogP contribution in [0.5, 0.6) is 17.2 Å². The van der Waals surface area contributed by atoms with Gasteiger partial charge in [0.05, 0.1) is 37.2 Å². The fourth-order valence-electron chi connectivity index (χ4n) is 6.17. The van der Waals surface area contributed by atoms with Crippen LogP contribution >= 0.6 is 0 Å². The summed E-state index contributed by atoms with van der Waals surface area (Å²) < 4.78 is 45.9. The lowest BCUT2D eigenvalue weighted by Gasteiger charge is -2.49. The van der Waals surface area contributed by atoms with Crippen molar-refractivity contribution in [2.75, 3.05) is 32.6 Å². The molecule has 2 aliphatic rings. The molecule has 10 heteroatoms. The number of anilines is 2. The van der Waals surface area contributed by atoms with E-state index in [1.54, 1.807) is 38.5 Å². The van der Waals surface area contributed by atoms with Crippen LogP contribution in [0.3, 0.4) is 0 Å². The predicted molar refractivity (Wildman–Crippen MR) is 161 cm³/mol. The van der Waals surface area contributed by atoms with Crippen molar-refractivity contribution in [3.8, 4) is 28.4 Å². The molecule has 0 amide bonds. The molecule has 1 aliphatic heterocycles. The minimum absolute atomic E-state index is 0.00204. The van der Waals surface area contributed by atoms with E-state index < -0.39 is 11.6 Å². The summed E-state index contributed by atoms with van der Waals surface area (Å²) >= 11 is 0. The maximum atomic E-state index is 14.6. The van der Waals surface area contributed by atoms with E-state index in [1.807, 2.05) is 12.1 Å². The van der Waals surface area contributed by atoms with E-state index in [-0.39, 0.29) is 17.1 Å². The highest BCUT2D eigenvalue weighted by Gasteiger charge is 2.49. The zero-order chi connectivity index (χ0) is 30.1. The van der Waals surface area contributed by atoms with Gasteiger partial charge in [0.2, 0.25) is 0 Å². The van der Waals surface area contributed by atoms with Crippen molar-refractivity contribution < 1.29 is 28.1 Å². The summed E-state index contributed by atoms with van der Waals surface area (Å²) in [5, 5.41) is 13.5. The predicted octanol–water partition coefficient (Wildman–Crippen LogP) is 7.15. The fourth-order valence-corrected chi connectivity index (χ4v) is 6.17. The van der Waals surface area contributed by atoms with E-state index >= 15 is 0 Å². The molecule has 1 saturated heterocycles. The van der Waals surface area contributed by atoms with E-state index in [1.165, 1.54) is 18.5 Å². The summed E-state index contributed by atoms with van der Waals surface area (Å²) in [5.41, 5.74) is 2.88. The standard InChI is InChI=1S/C33H32F2N4O4/c1-4-22(16-40)39-17-33(18-39)10-9-23(15-33)43-31-13-25-27(14-30(31)42-3)36-19-37-32(25)38-28-11-20(5-8-29(28)41-2)24-7-6-21(34)12-26(24)35/h4-8,11-14,16,19,23,40H,1,9-10,15,17-18H2,2-3H3,(H,36,37,38)/b22-16-. The molecule has 0 bridgehead atoms. The van der Waals surface area contributed by atoms with Gasteiger partial charge in [-0.15, -0.1) is 0 Å². The third-order valence-corrected chi connectivity index (χ3v) is 8.33. The molecule has 1 spiro atoms. The van der Waals surface area contributed by atoms with Crippen molar-refractivity contribution in [2.24, 2.45) is 5.41 Å². The number of rotatable bonds is 9. The molecule has 0 radical (unpaired) electrons. The Bertz CT molecular complexity index is 1720. The molecule has 1 aromatic heterocycles. The zero-order valence-electron chi connectivity index (χ0n) is 23.9. The van der Waals surface area contributed by atoms with Gasteiger partial charge in [0, 0.05) is 41.6 Å². The quantitative estimate of drug-likeness (QED) is 0.158. The van der Waals surface area contributed by atoms with Crippen LogP contribution < -0.4 is 19.5 Å². The largest absolute Gasteiger partial charge is 0.513 e. The topological polar surface area (TPSA) is 89.0 Å². The first kappa shape index (κ1) is 28.3. The minimum atomic E-state index is -0.660. The number of allylic oxidation sites excluding steroid dienone is 1. The summed E-state index contributed by atoms with van der Waals surface area (Å²) in [5.74, 6) is 0.866. The maximum Gasteiger partial charge on any atom is 0.162 e. The lowest BCUT2D eigenvalue weighted by Crippen LogP contribution is -2.54. The molecule has 222 valence electrons. The molecule has 1 aliphatic carbocycles. The van der Waals surface area contributed by atoms with Gasteiger partial charge in [0.15, 0.2) is 11.5 Å². The molecule has 4 aromatic rings. The summed E-state index contributed by atoms with van der Waals surface area (Å²) in [7, 11) is 3.14. The number of nitrogens with one attached hydrogen (secondary N) is 1. The average Bonchev–Trinajstić information content (AvgIpc) is 3.41. The van der Waals surface area contributed by atoms with Crippen molar-refractivity contribution in [1.29, 1.82) is 0 Å². The number of nitrogens with zero attached hydrogens (tertiary/aromatic N) is 3. The SMILES string of the molecule is C=C/C(=C/O)N1CC2(CCC(Oc3cc4c(Nc5cc(-c6ccc(F)cc6F)ccc5OC)ncnc4cc3OC)C2)C1. The molecule has 2 fully saturated rings. The van der Waals surface area contributed by atoms with Gasteiger partial charge >= 0.3 is 0 Å². The van der Waals surface area contributed by atoms with Crippen LogP contribution in [0, 0.1) is 17.0 Å². The molecule has 2 heterocycles. The van der Waals surface area contributed by atoms with Crippen LogP contribution in [0.2, 0.25) is 0 Å². The summed E-state index contributed by atoms with van der Waals surface area (Å²) in [6, 6.07) is 12.3. The van der Waals surface area contributed by atoms with Gasteiger partial charge in [0.25, 0.3) is 0 Å². The number of aliphatic hydroxyl groups is 1. The van der Waals surface area contributed by atoms with Gasteiger partial charge in [-0.2, -0.15) is 0 Å². The molecule has 8 nitrogen and oxygen atoms in total. The van der Waals surface area contributed by atoms with Crippen LogP contribution in [0.15, 0.2) is 79.5 Å². The van der Waals surface area contributed by atoms with Gasteiger partial charge in [-0.25, -0.2) is 18.7 Å². The monoisotopic (exact) mass is 586 g/mol. The van der Waals surface area contributed by atoms with Crippen molar-refractivity contribution in [2.45, 2.75) is 25.4 Å². The van der Waals surface area contributed by atoms with Crippen LogP contribution in [0.4, 0.5) is 20.3 Å². The third kappa shape index (κ3) is 5.40. The van der Waals surface area contributed by atoms with E-state index in [9.17, 15) is 13.9 Å². The van der Waals surface area contributed by atoms with Crippen molar-refractivity contribution in [1.82, 2.24) is 14.9 Å². The van der Waals surface area contributed by atoms with Crippen molar-refractivity contribution in [3.05, 3.63) is 91.1 Å². The van der Waals surface area contributed by atoms with Crippen LogP contribution in [-0.4, -0.2) is 53.4 Å². The Balaban J connectivity index is 1.28. The molecule has 43 heavy (non-hydrogen) atoms. The Morgan fingerprint density at radius 2 is 1.86 bits per heavy atom. The first-order valence-electron chi connectivity index (χ1n) is 14.0. The highest BCUT2D eigenvalue weighted by molar-refractivity contribution is 5.93. The van der Waals surface area contributed by atoms with E-state index in [2.05, 4.69) is 26.8 Å². The van der Waals surface area contributed by atoms with Gasteiger partial charge < -0.3 is 29.5 Å². The number of halogens is 2. The molecule has 6 rings (SSSR count). The molecular formula is C33H32F2N4O4. The second-order valence-corrected chi connectivity index (χ2v) is 11.0. The van der Waals surface area contributed by atoms with Crippen molar-refractivity contribution >= 4 is 22.4 Å². The van der Waals surface area contributed by atoms with E-state index in [0.29, 0.717) is 45.2 Å². The molecule has 2 N–H and O–H groups in total. The third-order valence-electron chi connectivity index (χ3n) is 8.33. The lowest BCUT2D eigenvalue weighted by atomic mass is 9.78. The Kier molecular flexibility index (Phi) is 7.52. The molecule has 1 saturated carbocycles. The van der Waals surface area contributed by atoms with E-state index in [4.69, 9.17) is 14.2 Å². The number of methoxy groups -OCH3 is 2. The minimum Gasteiger partial charge on any atom is -0.513 e. The van der Waals surface area contributed by atoms with Gasteiger partial charge in [-0.3, -0.25) is 0 Å². The molecule has 3 aromatic carbocycles. The number of ether oxygens (including phenoxy) is 3. The summed E-state index contributed by atoms with van der Waals surface area (Å²) in [6.07, 6.45) is 7.03. The highest BCUT2D eigenvalue weighted by Crippen LogP contribution is 2.49. The molecule has 1 unspecified atom stereocenters. The second-order valence-electron chi connectivity index (χ2n) is 11.0. The first-order valence-corrected chi connectivity index (χ1v) is 14.0. The zero-order valence-corrected chi connectivity index (χ0v) is 23.9. The second kappa shape index (κ2) is 11.4. The number of fused-ring (bicyclic) bond motifs is 1. The smallest absolute Gasteiger partial charge is 0.162 e. The number of hydrogen-bond acceptors (Lipinski definition) is 8. The van der Waals surface area contributed by atoms with Gasteiger partial charge in [0.1, 0.15) is 35.8 Å². The average molecular weight is 587 g/mol. The fraction of sp³-hybridized carbons (Fsp3) is 0.273. The van der Waals surface area contributed by atoms with Crippen LogP contribution in [-0.2, 0) is 0 Å². The molecular weight excluding hydrogens is 554 g/mol. The number of aliphatic hydroxyl groups excluding tert-OH is 1. The molecule has 1 atom stereocenters. The summed E-state index contributed by atoms with van der Waals surface area (Å²) in [6.45, 7) is 5.48. The first-order chi connectivity index (χ1) is 20.8. The Hall–Kier alpha value is -4.86. The Labute approximate surface area is 248 Å². The van der Waals surface area contributed by atoms with Crippen LogP contribution in [0.1, 0.15) is 19.3 Å². The normalized spacial score (nSPS) is 17.5. The lowest BCUT2D eigenvalue weighted by molar-refractivity contribution is 0.0264. The van der Waals surface area contributed by atoms with Crippen LogP contribution in [0.25, 0.3) is 22.0 Å². The van der Waals surface area contributed by atoms with E-state index in [0.717, 1.165) is 50.4 Å². The van der Waals surface area contributed by atoms with Gasteiger partial charge in [-0.05, 0) is 61.2 Å². The highest BCUT2D eigenvalue weighted by atomic mass is 19.1. The Morgan fingerprint density at radius 1 is 1.05 bits per heavy atom. The summed E-state index contributed by atoms with van der Waals surface area (Å²) in [4.78, 5) is 11.0. The van der Waals surface area contributed by atoms with Gasteiger partial charge in [-0.1, -0.05) is 12.6 Å². The maximum absolute atomic E-state index is 14.6. The number of benzene rings is 3. The number of aromatic nitrogens is 2. The number of hydrogen-bond donors (Lipinski definition) is 2. The number of likely N-dealkylation sites (tertiary alicyclic amines) is 1.